The summed E-state index contributed by atoms with van der Waals surface area (Å²) >= 11 is 0. The smallest absolute Gasteiger partial charge is 0.257 e. The van der Waals surface area contributed by atoms with E-state index in [2.05, 4.69) is 22.4 Å². The Morgan fingerprint density at radius 1 is 1.04 bits per heavy atom. The van der Waals surface area contributed by atoms with E-state index in [4.69, 9.17) is 4.74 Å². The van der Waals surface area contributed by atoms with Gasteiger partial charge in [-0.2, -0.15) is 0 Å². The highest BCUT2D eigenvalue weighted by atomic mass is 16.5. The molecule has 144 valence electrons. The van der Waals surface area contributed by atoms with Crippen molar-refractivity contribution in [2.45, 2.75) is 26.5 Å². The number of amides is 1. The normalized spacial score (nSPS) is 10.6. The van der Waals surface area contributed by atoms with Gasteiger partial charge < -0.3 is 15.0 Å². The number of hydrogen-bond donors (Lipinski definition) is 1. The minimum absolute atomic E-state index is 0.0270. The van der Waals surface area contributed by atoms with E-state index >= 15 is 0 Å². The Labute approximate surface area is 166 Å². The van der Waals surface area contributed by atoms with Crippen LogP contribution in [0.3, 0.4) is 0 Å². The average Bonchev–Trinajstić information content (AvgIpc) is 2.70. The summed E-state index contributed by atoms with van der Waals surface area (Å²) in [6, 6.07) is 21.2. The van der Waals surface area contributed by atoms with Gasteiger partial charge in [0, 0.05) is 19.8 Å². The van der Waals surface area contributed by atoms with E-state index in [0.717, 1.165) is 12.4 Å². The first-order valence-corrected chi connectivity index (χ1v) is 9.31. The van der Waals surface area contributed by atoms with Crippen molar-refractivity contribution >= 4 is 17.4 Å². The molecular formula is C23H25N3O2. The SMILES string of the molecule is CC(C)Oc1ccccc1NC(=O)c1ccc(N(C)Cc2ccccc2)nc1. The van der Waals surface area contributed by atoms with Crippen molar-refractivity contribution in [3.63, 3.8) is 0 Å². The molecule has 0 aliphatic heterocycles. The molecule has 0 aliphatic rings. The molecular weight excluding hydrogens is 350 g/mol. The zero-order chi connectivity index (χ0) is 19.9. The number of hydrogen-bond acceptors (Lipinski definition) is 4. The topological polar surface area (TPSA) is 54.5 Å². The summed E-state index contributed by atoms with van der Waals surface area (Å²) in [4.78, 5) is 19.1. The summed E-state index contributed by atoms with van der Waals surface area (Å²) < 4.78 is 5.75. The lowest BCUT2D eigenvalue weighted by atomic mass is 10.2. The summed E-state index contributed by atoms with van der Waals surface area (Å²) in [5.74, 6) is 1.24. The molecule has 1 heterocycles. The standard InChI is InChI=1S/C23H25N3O2/c1-17(2)28-21-12-8-7-11-20(21)25-23(27)19-13-14-22(24-15-19)26(3)16-18-9-5-4-6-10-18/h4-15,17H,16H2,1-3H3,(H,25,27). The van der Waals surface area contributed by atoms with E-state index in [1.807, 2.05) is 74.3 Å². The maximum atomic E-state index is 12.6. The van der Waals surface area contributed by atoms with Gasteiger partial charge in [-0.25, -0.2) is 4.98 Å². The minimum Gasteiger partial charge on any atom is -0.489 e. The number of nitrogens with zero attached hydrogens (tertiary/aromatic N) is 2. The third-order valence-electron chi connectivity index (χ3n) is 4.16. The Kier molecular flexibility index (Phi) is 6.27. The predicted octanol–water partition coefficient (Wildman–Crippen LogP) is 4.76. The number of carbonyl (C=O) groups is 1. The molecule has 2 aromatic carbocycles. The van der Waals surface area contributed by atoms with Crippen LogP contribution in [0.1, 0.15) is 29.8 Å². The van der Waals surface area contributed by atoms with Gasteiger partial charge in [0.2, 0.25) is 0 Å². The Balaban J connectivity index is 1.67. The van der Waals surface area contributed by atoms with Crippen LogP contribution < -0.4 is 15.0 Å². The summed E-state index contributed by atoms with van der Waals surface area (Å²) in [6.45, 7) is 4.65. The molecule has 3 aromatic rings. The summed E-state index contributed by atoms with van der Waals surface area (Å²) in [7, 11) is 1.98. The number of para-hydroxylation sites is 2. The van der Waals surface area contributed by atoms with E-state index < -0.39 is 0 Å². The molecule has 0 fully saturated rings. The van der Waals surface area contributed by atoms with Crippen LogP contribution in [0.2, 0.25) is 0 Å². The zero-order valence-electron chi connectivity index (χ0n) is 16.4. The van der Waals surface area contributed by atoms with Crippen molar-refractivity contribution in [3.8, 4) is 5.75 Å². The van der Waals surface area contributed by atoms with Crippen molar-refractivity contribution in [2.24, 2.45) is 0 Å². The second-order valence-corrected chi connectivity index (χ2v) is 6.86. The van der Waals surface area contributed by atoms with Gasteiger partial charge in [0.05, 0.1) is 17.4 Å². The molecule has 0 saturated carbocycles. The molecule has 1 aromatic heterocycles. The summed E-state index contributed by atoms with van der Waals surface area (Å²) in [5, 5.41) is 2.90. The quantitative estimate of drug-likeness (QED) is 0.647. The predicted molar refractivity (Wildman–Crippen MR) is 113 cm³/mol. The monoisotopic (exact) mass is 375 g/mol. The second kappa shape index (κ2) is 9.04. The van der Waals surface area contributed by atoms with Crippen molar-refractivity contribution in [1.29, 1.82) is 0 Å². The molecule has 0 bridgehead atoms. The molecule has 5 heteroatoms. The highest BCUT2D eigenvalue weighted by Crippen LogP contribution is 2.25. The van der Waals surface area contributed by atoms with Crippen molar-refractivity contribution in [2.75, 3.05) is 17.3 Å². The first-order valence-electron chi connectivity index (χ1n) is 9.31. The van der Waals surface area contributed by atoms with Crippen LogP contribution in [-0.4, -0.2) is 24.0 Å². The number of carbonyl (C=O) groups excluding carboxylic acids is 1. The van der Waals surface area contributed by atoms with Gasteiger partial charge in [-0.3, -0.25) is 4.79 Å². The molecule has 0 aliphatic carbocycles. The lowest BCUT2D eigenvalue weighted by molar-refractivity contribution is 0.102. The first kappa shape index (κ1) is 19.4. The Bertz CT molecular complexity index is 909. The van der Waals surface area contributed by atoms with Crippen LogP contribution in [0.4, 0.5) is 11.5 Å². The van der Waals surface area contributed by atoms with Crippen molar-refractivity contribution in [3.05, 3.63) is 84.1 Å². The van der Waals surface area contributed by atoms with Gasteiger partial charge in [-0.05, 0) is 43.7 Å². The summed E-state index contributed by atoms with van der Waals surface area (Å²) in [5.41, 5.74) is 2.35. The molecule has 3 rings (SSSR count). The highest BCUT2D eigenvalue weighted by Gasteiger charge is 2.12. The van der Waals surface area contributed by atoms with E-state index in [-0.39, 0.29) is 12.0 Å². The maximum absolute atomic E-state index is 12.6. The molecule has 0 radical (unpaired) electrons. The Morgan fingerprint density at radius 3 is 2.43 bits per heavy atom. The number of ether oxygens (including phenoxy) is 1. The number of pyridine rings is 1. The molecule has 1 amide bonds. The molecule has 0 atom stereocenters. The fourth-order valence-electron chi connectivity index (χ4n) is 2.81. The summed E-state index contributed by atoms with van der Waals surface area (Å²) in [6.07, 6.45) is 1.62. The number of aromatic nitrogens is 1. The van der Waals surface area contributed by atoms with Crippen LogP contribution in [0, 0.1) is 0 Å². The van der Waals surface area contributed by atoms with Crippen LogP contribution in [-0.2, 0) is 6.54 Å². The van der Waals surface area contributed by atoms with Crippen molar-refractivity contribution < 1.29 is 9.53 Å². The lowest BCUT2D eigenvalue weighted by Crippen LogP contribution is -2.18. The van der Waals surface area contributed by atoms with Gasteiger partial charge in [-0.1, -0.05) is 42.5 Å². The fourth-order valence-corrected chi connectivity index (χ4v) is 2.81. The third kappa shape index (κ3) is 5.10. The molecule has 28 heavy (non-hydrogen) atoms. The maximum Gasteiger partial charge on any atom is 0.257 e. The van der Waals surface area contributed by atoms with Gasteiger partial charge >= 0.3 is 0 Å². The number of anilines is 2. The third-order valence-corrected chi connectivity index (χ3v) is 4.16. The minimum atomic E-state index is -0.218. The molecule has 5 nitrogen and oxygen atoms in total. The van der Waals surface area contributed by atoms with Crippen LogP contribution in [0.25, 0.3) is 0 Å². The van der Waals surface area contributed by atoms with Crippen LogP contribution in [0.15, 0.2) is 72.9 Å². The highest BCUT2D eigenvalue weighted by molar-refractivity contribution is 6.04. The van der Waals surface area contributed by atoms with E-state index in [9.17, 15) is 4.79 Å². The first-order chi connectivity index (χ1) is 13.5. The van der Waals surface area contributed by atoms with Crippen molar-refractivity contribution in [1.82, 2.24) is 4.98 Å². The number of rotatable bonds is 7. The average molecular weight is 375 g/mol. The van der Waals surface area contributed by atoms with E-state index in [1.165, 1.54) is 5.56 Å². The lowest BCUT2D eigenvalue weighted by Gasteiger charge is -2.18. The fraction of sp³-hybridized carbons (Fsp3) is 0.217. The van der Waals surface area contributed by atoms with Crippen LogP contribution >= 0.6 is 0 Å². The largest absolute Gasteiger partial charge is 0.489 e. The zero-order valence-corrected chi connectivity index (χ0v) is 16.4. The number of benzene rings is 2. The Morgan fingerprint density at radius 2 is 1.75 bits per heavy atom. The van der Waals surface area contributed by atoms with E-state index in [0.29, 0.717) is 17.0 Å². The second-order valence-electron chi connectivity index (χ2n) is 6.86. The number of nitrogens with one attached hydrogen (secondary N) is 1. The molecule has 0 spiro atoms. The Hall–Kier alpha value is -3.34. The molecule has 0 saturated heterocycles. The van der Waals surface area contributed by atoms with Gasteiger partial charge in [0.1, 0.15) is 11.6 Å². The molecule has 0 unspecified atom stereocenters. The van der Waals surface area contributed by atoms with Gasteiger partial charge in [-0.15, -0.1) is 0 Å². The molecule has 1 N–H and O–H groups in total. The van der Waals surface area contributed by atoms with Gasteiger partial charge in [0.25, 0.3) is 5.91 Å². The van der Waals surface area contributed by atoms with Crippen LogP contribution in [0.5, 0.6) is 5.75 Å². The van der Waals surface area contributed by atoms with E-state index in [1.54, 1.807) is 12.3 Å². The van der Waals surface area contributed by atoms with Gasteiger partial charge in [0.15, 0.2) is 0 Å².